The predicted molar refractivity (Wildman–Crippen MR) is 101 cm³/mol. The van der Waals surface area contributed by atoms with E-state index in [4.69, 9.17) is 5.21 Å². The number of nitrogens with zero attached hydrogens (tertiary/aromatic N) is 3. The van der Waals surface area contributed by atoms with Gasteiger partial charge < -0.3 is 10.2 Å². The molecule has 2 heterocycles. The molecule has 10 heteroatoms. The summed E-state index contributed by atoms with van der Waals surface area (Å²) < 4.78 is 0. The Morgan fingerprint density at radius 1 is 1.04 bits per heavy atom. The maximum atomic E-state index is 12.2. The number of hydroxylamine groups is 1. The lowest BCUT2D eigenvalue weighted by molar-refractivity contribution is -0.133. The summed E-state index contributed by atoms with van der Waals surface area (Å²) in [5, 5.41) is 13.6. The number of thiazole rings is 1. The van der Waals surface area contributed by atoms with Crippen LogP contribution in [-0.4, -0.2) is 70.4 Å². The van der Waals surface area contributed by atoms with Crippen molar-refractivity contribution in [3.63, 3.8) is 0 Å². The van der Waals surface area contributed by atoms with Gasteiger partial charge in [-0.05, 0) is 12.8 Å². The molecule has 150 valence electrons. The van der Waals surface area contributed by atoms with E-state index in [2.05, 4.69) is 10.3 Å². The molecule has 3 amide bonds. The minimum Gasteiger partial charge on any atom is -0.340 e. The summed E-state index contributed by atoms with van der Waals surface area (Å²) in [5.41, 5.74) is 1.61. The van der Waals surface area contributed by atoms with Crippen molar-refractivity contribution in [2.24, 2.45) is 0 Å². The quantitative estimate of drug-likeness (QED) is 0.309. The van der Waals surface area contributed by atoms with Gasteiger partial charge in [-0.3, -0.25) is 24.5 Å². The van der Waals surface area contributed by atoms with Crippen molar-refractivity contribution >= 4 is 34.2 Å². The average molecular weight is 398 g/mol. The van der Waals surface area contributed by atoms with Gasteiger partial charge in [-0.25, -0.2) is 10.5 Å². The summed E-state index contributed by atoms with van der Waals surface area (Å²) in [4.78, 5) is 43.0. The van der Waals surface area contributed by atoms with Crippen LogP contribution in [0.1, 0.15) is 38.5 Å². The molecular formula is C17H27N5O4S. The zero-order valence-corrected chi connectivity index (χ0v) is 16.2. The molecule has 0 bridgehead atoms. The molecule has 1 aliphatic heterocycles. The van der Waals surface area contributed by atoms with Crippen molar-refractivity contribution in [3.8, 4) is 0 Å². The number of rotatable bonds is 10. The lowest BCUT2D eigenvalue weighted by Gasteiger charge is -2.34. The van der Waals surface area contributed by atoms with Crippen LogP contribution in [0, 0.1) is 0 Å². The Morgan fingerprint density at radius 2 is 1.74 bits per heavy atom. The van der Waals surface area contributed by atoms with Gasteiger partial charge in [-0.15, -0.1) is 11.3 Å². The van der Waals surface area contributed by atoms with Crippen molar-refractivity contribution < 1.29 is 19.6 Å². The molecule has 0 radical (unpaired) electrons. The number of aromatic nitrogens is 1. The van der Waals surface area contributed by atoms with Gasteiger partial charge in [0.15, 0.2) is 5.13 Å². The lowest BCUT2D eigenvalue weighted by atomic mass is 10.1. The number of piperazine rings is 1. The zero-order chi connectivity index (χ0) is 19.5. The first kappa shape index (κ1) is 21.3. The third-order valence-corrected chi connectivity index (χ3v) is 5.13. The van der Waals surface area contributed by atoms with E-state index in [9.17, 15) is 14.4 Å². The number of nitrogens with one attached hydrogen (secondary N) is 2. The number of unbranched alkanes of at least 4 members (excludes halogenated alkanes) is 3. The molecule has 0 spiro atoms. The lowest BCUT2D eigenvalue weighted by Crippen LogP contribution is -2.50. The van der Waals surface area contributed by atoms with Gasteiger partial charge in [0.2, 0.25) is 17.7 Å². The Balaban J connectivity index is 1.54. The normalized spacial score (nSPS) is 14.8. The SMILES string of the molecule is O=C(CCCCCCC(=O)N1CCN(CC(=O)Nc2nccs2)CC1)NO. The van der Waals surface area contributed by atoms with E-state index < -0.39 is 0 Å². The van der Waals surface area contributed by atoms with Crippen LogP contribution in [0.2, 0.25) is 0 Å². The van der Waals surface area contributed by atoms with Crippen molar-refractivity contribution in [1.29, 1.82) is 0 Å². The number of carbonyl (C=O) groups excluding carboxylic acids is 3. The summed E-state index contributed by atoms with van der Waals surface area (Å²) in [6.45, 7) is 2.96. The Morgan fingerprint density at radius 3 is 2.37 bits per heavy atom. The van der Waals surface area contributed by atoms with E-state index in [1.807, 2.05) is 15.2 Å². The highest BCUT2D eigenvalue weighted by atomic mass is 32.1. The fourth-order valence-electron chi connectivity index (χ4n) is 2.93. The highest BCUT2D eigenvalue weighted by molar-refractivity contribution is 7.13. The third kappa shape index (κ3) is 8.02. The molecule has 3 N–H and O–H groups in total. The number of hydrogen-bond acceptors (Lipinski definition) is 7. The van der Waals surface area contributed by atoms with Gasteiger partial charge >= 0.3 is 0 Å². The first-order valence-corrected chi connectivity index (χ1v) is 10.1. The van der Waals surface area contributed by atoms with Crippen molar-refractivity contribution in [2.75, 3.05) is 38.0 Å². The molecule has 1 aromatic heterocycles. The monoisotopic (exact) mass is 397 g/mol. The second kappa shape index (κ2) is 11.6. The molecular weight excluding hydrogens is 370 g/mol. The zero-order valence-electron chi connectivity index (χ0n) is 15.4. The summed E-state index contributed by atoms with van der Waals surface area (Å²) in [5.74, 6) is -0.307. The van der Waals surface area contributed by atoms with Crippen LogP contribution < -0.4 is 10.8 Å². The topological polar surface area (TPSA) is 115 Å². The fraction of sp³-hybridized carbons (Fsp3) is 0.647. The molecule has 1 aromatic rings. The molecule has 0 unspecified atom stereocenters. The van der Waals surface area contributed by atoms with E-state index in [1.54, 1.807) is 11.7 Å². The van der Waals surface area contributed by atoms with Gasteiger partial charge in [0.05, 0.1) is 6.54 Å². The van der Waals surface area contributed by atoms with Gasteiger partial charge in [0, 0.05) is 50.6 Å². The van der Waals surface area contributed by atoms with Crippen LogP contribution in [0.5, 0.6) is 0 Å². The van der Waals surface area contributed by atoms with E-state index >= 15 is 0 Å². The fourth-order valence-corrected chi connectivity index (χ4v) is 3.48. The molecule has 2 rings (SSSR count). The standard InChI is InChI=1S/C17H27N5O4S/c23-14(20-26)5-3-1-2-4-6-16(25)22-10-8-21(9-11-22)13-15(24)19-17-18-7-12-27-17/h7,12,26H,1-6,8-11,13H2,(H,20,23)(H,18,19,24). The Labute approximate surface area is 162 Å². The second-order valence-corrected chi connectivity index (χ2v) is 7.39. The maximum absolute atomic E-state index is 12.2. The van der Waals surface area contributed by atoms with Gasteiger partial charge in [0.25, 0.3) is 0 Å². The van der Waals surface area contributed by atoms with Gasteiger partial charge in [-0.1, -0.05) is 12.8 Å². The second-order valence-electron chi connectivity index (χ2n) is 6.49. The number of hydrogen-bond donors (Lipinski definition) is 3. The van der Waals surface area contributed by atoms with Crippen molar-refractivity contribution in [3.05, 3.63) is 11.6 Å². The van der Waals surface area contributed by atoms with E-state index in [-0.39, 0.29) is 17.7 Å². The predicted octanol–water partition coefficient (Wildman–Crippen LogP) is 1.07. The molecule has 0 aliphatic carbocycles. The maximum Gasteiger partial charge on any atom is 0.243 e. The van der Waals surface area contributed by atoms with E-state index in [0.717, 1.165) is 19.3 Å². The van der Waals surface area contributed by atoms with Crippen LogP contribution >= 0.6 is 11.3 Å². The van der Waals surface area contributed by atoms with Crippen LogP contribution in [0.4, 0.5) is 5.13 Å². The highest BCUT2D eigenvalue weighted by Crippen LogP contribution is 2.11. The number of anilines is 1. The molecule has 0 saturated carbocycles. The van der Waals surface area contributed by atoms with Crippen LogP contribution in [0.15, 0.2) is 11.6 Å². The Hall–Kier alpha value is -2.04. The molecule has 9 nitrogen and oxygen atoms in total. The molecule has 0 atom stereocenters. The smallest absolute Gasteiger partial charge is 0.243 e. The Bertz CT molecular complexity index is 602. The Kier molecular flexibility index (Phi) is 9.16. The van der Waals surface area contributed by atoms with Crippen LogP contribution in [-0.2, 0) is 14.4 Å². The summed E-state index contributed by atoms with van der Waals surface area (Å²) >= 11 is 1.39. The van der Waals surface area contributed by atoms with Crippen LogP contribution in [0.25, 0.3) is 0 Å². The summed E-state index contributed by atoms with van der Waals surface area (Å²) in [6, 6.07) is 0. The summed E-state index contributed by atoms with van der Waals surface area (Å²) in [6.07, 6.45) is 5.73. The summed E-state index contributed by atoms with van der Waals surface area (Å²) in [7, 11) is 0. The largest absolute Gasteiger partial charge is 0.340 e. The van der Waals surface area contributed by atoms with E-state index in [1.165, 1.54) is 11.3 Å². The van der Waals surface area contributed by atoms with Crippen molar-refractivity contribution in [1.82, 2.24) is 20.3 Å². The first-order chi connectivity index (χ1) is 13.1. The highest BCUT2D eigenvalue weighted by Gasteiger charge is 2.22. The third-order valence-electron chi connectivity index (χ3n) is 4.44. The molecule has 27 heavy (non-hydrogen) atoms. The number of carbonyl (C=O) groups is 3. The van der Waals surface area contributed by atoms with Crippen LogP contribution in [0.3, 0.4) is 0 Å². The minimum absolute atomic E-state index is 0.0837. The van der Waals surface area contributed by atoms with Crippen molar-refractivity contribution in [2.45, 2.75) is 38.5 Å². The first-order valence-electron chi connectivity index (χ1n) is 9.21. The molecule has 1 fully saturated rings. The van der Waals surface area contributed by atoms with Gasteiger partial charge in [0.1, 0.15) is 0 Å². The minimum atomic E-state index is -0.371. The van der Waals surface area contributed by atoms with E-state index in [0.29, 0.717) is 57.1 Å². The molecule has 0 aromatic carbocycles. The average Bonchev–Trinajstić information content (AvgIpc) is 3.17. The molecule has 1 aliphatic rings. The molecule has 1 saturated heterocycles. The van der Waals surface area contributed by atoms with Gasteiger partial charge in [-0.2, -0.15) is 0 Å². The number of amides is 3.